The highest BCUT2D eigenvalue weighted by Gasteiger charge is 2.16. The summed E-state index contributed by atoms with van der Waals surface area (Å²) in [5, 5.41) is 8.76. The van der Waals surface area contributed by atoms with E-state index in [4.69, 9.17) is 14.2 Å². The third kappa shape index (κ3) is 3.66. The molecular weight excluding hydrogens is 394 g/mol. The minimum atomic E-state index is 0.512. The second kappa shape index (κ2) is 8.23. The number of anilines is 1. The average Bonchev–Trinajstić information content (AvgIpc) is 3.27. The first-order chi connectivity index (χ1) is 15.3. The predicted octanol–water partition coefficient (Wildman–Crippen LogP) is 3.54. The van der Waals surface area contributed by atoms with Crippen molar-refractivity contribution < 1.29 is 14.2 Å². The normalized spacial score (nSPS) is 14.1. The van der Waals surface area contributed by atoms with Gasteiger partial charge in [0.2, 0.25) is 11.8 Å². The molecule has 8 nitrogen and oxygen atoms in total. The third-order valence-corrected chi connectivity index (χ3v) is 5.47. The van der Waals surface area contributed by atoms with Gasteiger partial charge in [0.25, 0.3) is 0 Å². The first-order valence-corrected chi connectivity index (χ1v) is 10.1. The number of fused-ring (bicyclic) bond motifs is 1. The topological polar surface area (TPSA) is 85.4 Å². The zero-order chi connectivity index (χ0) is 21.2. The van der Waals surface area contributed by atoms with Gasteiger partial charge < -0.3 is 19.1 Å². The molecule has 1 aliphatic rings. The van der Waals surface area contributed by atoms with Crippen LogP contribution in [0.3, 0.4) is 0 Å². The maximum atomic E-state index is 5.50. The molecular formula is C23H23N5O3. The molecule has 31 heavy (non-hydrogen) atoms. The van der Waals surface area contributed by atoms with Crippen molar-refractivity contribution in [3.63, 3.8) is 0 Å². The lowest BCUT2D eigenvalue weighted by molar-refractivity contribution is 0.122. The van der Waals surface area contributed by atoms with E-state index in [1.807, 2.05) is 36.5 Å². The highest BCUT2D eigenvalue weighted by Crippen LogP contribution is 2.35. The molecule has 3 aromatic heterocycles. The standard InChI is InChI=1S/C23H23N5O3/c1-29-21-6-4-17(23(25-21)30-2)15-3-5-19-18(13-15)22(27-26-19)16-7-8-24-20(14-16)28-9-11-31-12-10-28/h3-8,13-14H,9-12H2,1-2H3,(H,26,27). The number of methoxy groups -OCH3 is 2. The van der Waals surface area contributed by atoms with Gasteiger partial charge in [-0.15, -0.1) is 0 Å². The summed E-state index contributed by atoms with van der Waals surface area (Å²) in [7, 11) is 3.20. The van der Waals surface area contributed by atoms with Gasteiger partial charge in [-0.3, -0.25) is 5.10 Å². The van der Waals surface area contributed by atoms with E-state index >= 15 is 0 Å². The summed E-state index contributed by atoms with van der Waals surface area (Å²) in [6, 6.07) is 14.0. The number of morpholine rings is 1. The van der Waals surface area contributed by atoms with Crippen LogP contribution in [0.2, 0.25) is 0 Å². The van der Waals surface area contributed by atoms with Crippen molar-refractivity contribution >= 4 is 16.7 Å². The van der Waals surface area contributed by atoms with Crippen LogP contribution in [-0.2, 0) is 4.74 Å². The fraction of sp³-hybridized carbons (Fsp3) is 0.261. The van der Waals surface area contributed by atoms with E-state index in [0.717, 1.165) is 65.4 Å². The summed E-state index contributed by atoms with van der Waals surface area (Å²) in [4.78, 5) is 11.2. The Labute approximate surface area is 179 Å². The quantitative estimate of drug-likeness (QED) is 0.532. The van der Waals surface area contributed by atoms with E-state index in [9.17, 15) is 0 Å². The lowest BCUT2D eigenvalue weighted by Crippen LogP contribution is -2.36. The minimum Gasteiger partial charge on any atom is -0.481 e. The first kappa shape index (κ1) is 19.3. The average molecular weight is 417 g/mol. The van der Waals surface area contributed by atoms with Crippen LogP contribution in [0.4, 0.5) is 5.82 Å². The number of H-pyrrole nitrogens is 1. The van der Waals surface area contributed by atoms with Crippen LogP contribution in [0.5, 0.6) is 11.8 Å². The van der Waals surface area contributed by atoms with Crippen LogP contribution < -0.4 is 14.4 Å². The fourth-order valence-corrected chi connectivity index (χ4v) is 3.85. The van der Waals surface area contributed by atoms with Gasteiger partial charge in [-0.2, -0.15) is 10.1 Å². The number of aromatic amines is 1. The van der Waals surface area contributed by atoms with Gasteiger partial charge in [-0.05, 0) is 35.9 Å². The van der Waals surface area contributed by atoms with Crippen molar-refractivity contribution in [2.75, 3.05) is 45.4 Å². The van der Waals surface area contributed by atoms with Crippen molar-refractivity contribution in [2.45, 2.75) is 0 Å². The Balaban J connectivity index is 1.56. The van der Waals surface area contributed by atoms with Crippen LogP contribution in [-0.4, -0.2) is 60.7 Å². The molecule has 0 radical (unpaired) electrons. The van der Waals surface area contributed by atoms with Crippen LogP contribution in [0.1, 0.15) is 0 Å². The molecule has 1 aromatic carbocycles. The Kier molecular flexibility index (Phi) is 5.13. The van der Waals surface area contributed by atoms with E-state index in [0.29, 0.717) is 11.8 Å². The number of hydrogen-bond donors (Lipinski definition) is 1. The van der Waals surface area contributed by atoms with Crippen molar-refractivity contribution in [2.24, 2.45) is 0 Å². The Hall–Kier alpha value is -3.65. The van der Waals surface area contributed by atoms with Crippen LogP contribution in [0.15, 0.2) is 48.7 Å². The Morgan fingerprint density at radius 3 is 2.65 bits per heavy atom. The van der Waals surface area contributed by atoms with E-state index in [-0.39, 0.29) is 0 Å². The Morgan fingerprint density at radius 1 is 0.968 bits per heavy atom. The van der Waals surface area contributed by atoms with Gasteiger partial charge in [0, 0.05) is 41.9 Å². The number of benzene rings is 1. The van der Waals surface area contributed by atoms with Crippen LogP contribution >= 0.6 is 0 Å². The number of pyridine rings is 2. The summed E-state index contributed by atoms with van der Waals surface area (Å²) >= 11 is 0. The zero-order valence-corrected chi connectivity index (χ0v) is 17.5. The molecule has 4 aromatic rings. The molecule has 5 rings (SSSR count). The second-order valence-electron chi connectivity index (χ2n) is 7.25. The first-order valence-electron chi connectivity index (χ1n) is 10.1. The van der Waals surface area contributed by atoms with Crippen LogP contribution in [0, 0.1) is 0 Å². The van der Waals surface area contributed by atoms with E-state index in [1.165, 1.54) is 0 Å². The molecule has 0 atom stereocenters. The van der Waals surface area contributed by atoms with Gasteiger partial charge in [0.1, 0.15) is 11.5 Å². The third-order valence-electron chi connectivity index (χ3n) is 5.47. The van der Waals surface area contributed by atoms with Crippen molar-refractivity contribution in [1.82, 2.24) is 20.2 Å². The van der Waals surface area contributed by atoms with Gasteiger partial charge in [0.05, 0.1) is 33.0 Å². The monoisotopic (exact) mass is 417 g/mol. The predicted molar refractivity (Wildman–Crippen MR) is 119 cm³/mol. The number of aromatic nitrogens is 4. The van der Waals surface area contributed by atoms with E-state index in [2.05, 4.69) is 37.2 Å². The van der Waals surface area contributed by atoms with Crippen molar-refractivity contribution in [3.05, 3.63) is 48.7 Å². The number of ether oxygens (including phenoxy) is 3. The molecule has 0 amide bonds. The van der Waals surface area contributed by atoms with Gasteiger partial charge in [0.15, 0.2) is 0 Å². The highest BCUT2D eigenvalue weighted by atomic mass is 16.5. The fourth-order valence-electron chi connectivity index (χ4n) is 3.85. The summed E-state index contributed by atoms with van der Waals surface area (Å²) in [6.07, 6.45) is 1.83. The van der Waals surface area contributed by atoms with Gasteiger partial charge in [-0.25, -0.2) is 4.98 Å². The summed E-state index contributed by atoms with van der Waals surface area (Å²) < 4.78 is 16.2. The lowest BCUT2D eigenvalue weighted by atomic mass is 10.0. The molecule has 0 saturated carbocycles. The maximum absolute atomic E-state index is 5.50. The second-order valence-corrected chi connectivity index (χ2v) is 7.25. The van der Waals surface area contributed by atoms with Crippen molar-refractivity contribution in [3.8, 4) is 34.1 Å². The van der Waals surface area contributed by atoms with Crippen molar-refractivity contribution in [1.29, 1.82) is 0 Å². The number of nitrogens with zero attached hydrogens (tertiary/aromatic N) is 4. The van der Waals surface area contributed by atoms with E-state index in [1.54, 1.807) is 14.2 Å². The molecule has 158 valence electrons. The number of rotatable bonds is 5. The molecule has 1 N–H and O–H groups in total. The summed E-state index contributed by atoms with van der Waals surface area (Å²) in [5.41, 5.74) is 4.74. The molecule has 0 aliphatic carbocycles. The van der Waals surface area contributed by atoms with Gasteiger partial charge >= 0.3 is 0 Å². The molecule has 4 heterocycles. The Morgan fingerprint density at radius 2 is 1.84 bits per heavy atom. The highest BCUT2D eigenvalue weighted by molar-refractivity contribution is 5.96. The van der Waals surface area contributed by atoms with Gasteiger partial charge in [-0.1, -0.05) is 6.07 Å². The molecule has 0 unspecified atom stereocenters. The lowest BCUT2D eigenvalue weighted by Gasteiger charge is -2.27. The minimum absolute atomic E-state index is 0.512. The molecule has 1 saturated heterocycles. The Bertz CT molecular complexity index is 1220. The summed E-state index contributed by atoms with van der Waals surface area (Å²) in [5.74, 6) is 1.97. The molecule has 0 spiro atoms. The molecule has 8 heteroatoms. The largest absolute Gasteiger partial charge is 0.481 e. The number of nitrogens with one attached hydrogen (secondary N) is 1. The molecule has 1 aliphatic heterocycles. The van der Waals surface area contributed by atoms with Crippen LogP contribution in [0.25, 0.3) is 33.3 Å². The molecule has 0 bridgehead atoms. The SMILES string of the molecule is COc1ccc(-c2ccc3[nH]nc(-c4ccnc(N5CCOCC5)c4)c3c2)c(OC)n1. The van der Waals surface area contributed by atoms with E-state index < -0.39 is 0 Å². The maximum Gasteiger partial charge on any atom is 0.224 e. The molecule has 1 fully saturated rings. The smallest absolute Gasteiger partial charge is 0.224 e. The zero-order valence-electron chi connectivity index (χ0n) is 17.5. The summed E-state index contributed by atoms with van der Waals surface area (Å²) in [6.45, 7) is 3.12. The number of hydrogen-bond acceptors (Lipinski definition) is 7.